The summed E-state index contributed by atoms with van der Waals surface area (Å²) >= 11 is 1.62. The van der Waals surface area contributed by atoms with Gasteiger partial charge in [0, 0.05) is 16.4 Å². The van der Waals surface area contributed by atoms with Crippen molar-refractivity contribution in [1.82, 2.24) is 15.5 Å². The van der Waals surface area contributed by atoms with E-state index in [2.05, 4.69) is 10.6 Å². The lowest BCUT2D eigenvalue weighted by Gasteiger charge is -2.31. The standard InChI is InChI=1S/C24H25N3O3S/c1-24(2)19(27-22(30)16-10-6-7-11-17(16)23(27)31-24)21(29)26-18(14-8-4-3-5-9-14)20(28)25-15-12-13-15/h3-11,15,18-19,23H,12-13H2,1-2H3,(H,25,28)(H,26,29)/t18-,19+,23?/m0/s1. The van der Waals surface area contributed by atoms with Crippen molar-refractivity contribution in [3.63, 3.8) is 0 Å². The second kappa shape index (κ2) is 7.41. The first-order valence-corrected chi connectivity index (χ1v) is 11.5. The molecule has 1 unspecified atom stereocenters. The Morgan fingerprint density at radius 3 is 2.45 bits per heavy atom. The highest BCUT2D eigenvalue weighted by Gasteiger charge is 2.57. The van der Waals surface area contributed by atoms with Gasteiger partial charge in [0.15, 0.2) is 0 Å². The van der Waals surface area contributed by atoms with E-state index in [1.807, 2.05) is 68.4 Å². The molecule has 0 radical (unpaired) electrons. The predicted octanol–water partition coefficient (Wildman–Crippen LogP) is 3.17. The Bertz CT molecular complexity index is 1050. The second-order valence-electron chi connectivity index (χ2n) is 8.91. The average molecular weight is 436 g/mol. The van der Waals surface area contributed by atoms with Crippen molar-refractivity contribution in [3.05, 3.63) is 71.3 Å². The highest BCUT2D eigenvalue weighted by molar-refractivity contribution is 8.01. The van der Waals surface area contributed by atoms with E-state index in [0.717, 1.165) is 24.0 Å². The van der Waals surface area contributed by atoms with Crippen LogP contribution in [0.15, 0.2) is 54.6 Å². The van der Waals surface area contributed by atoms with Crippen LogP contribution in [0.4, 0.5) is 0 Å². The molecule has 31 heavy (non-hydrogen) atoms. The molecule has 2 aliphatic heterocycles. The van der Waals surface area contributed by atoms with Gasteiger partial charge in [0.05, 0.1) is 0 Å². The third-order valence-corrected chi connectivity index (χ3v) is 7.69. The lowest BCUT2D eigenvalue weighted by Crippen LogP contribution is -2.54. The maximum Gasteiger partial charge on any atom is 0.256 e. The summed E-state index contributed by atoms with van der Waals surface area (Å²) in [6.07, 6.45) is 1.94. The molecular formula is C24H25N3O3S. The van der Waals surface area contributed by atoms with Crippen LogP contribution < -0.4 is 10.6 Å². The van der Waals surface area contributed by atoms with Crippen LogP contribution in [-0.2, 0) is 9.59 Å². The summed E-state index contributed by atoms with van der Waals surface area (Å²) in [7, 11) is 0. The number of carbonyl (C=O) groups is 3. The van der Waals surface area contributed by atoms with E-state index in [-0.39, 0.29) is 29.1 Å². The molecule has 2 fully saturated rings. The molecule has 5 rings (SSSR count). The first-order valence-electron chi connectivity index (χ1n) is 10.6. The lowest BCUT2D eigenvalue weighted by atomic mass is 9.99. The van der Waals surface area contributed by atoms with E-state index in [1.165, 1.54) is 0 Å². The van der Waals surface area contributed by atoms with Crippen LogP contribution in [-0.4, -0.2) is 39.5 Å². The molecule has 2 aromatic carbocycles. The molecule has 3 aliphatic rings. The van der Waals surface area contributed by atoms with Crippen LogP contribution in [0.25, 0.3) is 0 Å². The number of benzene rings is 2. The van der Waals surface area contributed by atoms with E-state index in [1.54, 1.807) is 16.7 Å². The Labute approximate surface area is 185 Å². The van der Waals surface area contributed by atoms with Gasteiger partial charge in [0.1, 0.15) is 17.5 Å². The number of rotatable bonds is 5. The zero-order chi connectivity index (χ0) is 21.8. The van der Waals surface area contributed by atoms with Gasteiger partial charge in [-0.2, -0.15) is 0 Å². The van der Waals surface area contributed by atoms with Crippen LogP contribution in [0.3, 0.4) is 0 Å². The number of thioether (sulfide) groups is 1. The fourth-order valence-corrected chi connectivity index (χ4v) is 6.07. The van der Waals surface area contributed by atoms with Crippen LogP contribution in [0, 0.1) is 0 Å². The fraction of sp³-hybridized carbons (Fsp3) is 0.375. The largest absolute Gasteiger partial charge is 0.351 e. The summed E-state index contributed by atoms with van der Waals surface area (Å²) < 4.78 is -0.494. The molecule has 160 valence electrons. The Morgan fingerprint density at radius 2 is 1.74 bits per heavy atom. The molecule has 1 saturated carbocycles. The first kappa shape index (κ1) is 20.1. The monoisotopic (exact) mass is 435 g/mol. The maximum absolute atomic E-state index is 13.6. The lowest BCUT2D eigenvalue weighted by molar-refractivity contribution is -0.132. The van der Waals surface area contributed by atoms with Gasteiger partial charge >= 0.3 is 0 Å². The molecule has 3 atom stereocenters. The van der Waals surface area contributed by atoms with Gasteiger partial charge in [0.25, 0.3) is 5.91 Å². The molecule has 6 nitrogen and oxygen atoms in total. The highest BCUT2D eigenvalue weighted by atomic mass is 32.2. The zero-order valence-corrected chi connectivity index (χ0v) is 18.3. The van der Waals surface area contributed by atoms with Gasteiger partial charge < -0.3 is 15.5 Å². The number of nitrogens with zero attached hydrogens (tertiary/aromatic N) is 1. The van der Waals surface area contributed by atoms with E-state index in [4.69, 9.17) is 0 Å². The van der Waals surface area contributed by atoms with Crippen molar-refractivity contribution in [1.29, 1.82) is 0 Å². The van der Waals surface area contributed by atoms with Crippen molar-refractivity contribution in [3.8, 4) is 0 Å². The number of hydrogen-bond acceptors (Lipinski definition) is 4. The van der Waals surface area contributed by atoms with Gasteiger partial charge in [-0.3, -0.25) is 14.4 Å². The minimum atomic E-state index is -0.797. The topological polar surface area (TPSA) is 78.5 Å². The molecule has 0 spiro atoms. The summed E-state index contributed by atoms with van der Waals surface area (Å²) in [4.78, 5) is 41.4. The molecule has 2 aromatic rings. The molecule has 7 heteroatoms. The molecule has 3 amide bonds. The van der Waals surface area contributed by atoms with Crippen molar-refractivity contribution in [2.24, 2.45) is 0 Å². The summed E-state index contributed by atoms with van der Waals surface area (Å²) in [5.41, 5.74) is 2.33. The van der Waals surface area contributed by atoms with E-state index < -0.39 is 16.8 Å². The summed E-state index contributed by atoms with van der Waals surface area (Å²) in [6.45, 7) is 3.97. The Balaban J connectivity index is 1.44. The third kappa shape index (κ3) is 3.51. The molecular weight excluding hydrogens is 410 g/mol. The highest BCUT2D eigenvalue weighted by Crippen LogP contribution is 2.56. The summed E-state index contributed by atoms with van der Waals surface area (Å²) in [5.74, 6) is -0.642. The van der Waals surface area contributed by atoms with Crippen LogP contribution >= 0.6 is 11.8 Å². The van der Waals surface area contributed by atoms with Crippen molar-refractivity contribution in [2.75, 3.05) is 0 Å². The molecule has 2 heterocycles. The quantitative estimate of drug-likeness (QED) is 0.756. The van der Waals surface area contributed by atoms with Gasteiger partial charge in [-0.05, 0) is 43.9 Å². The van der Waals surface area contributed by atoms with E-state index in [9.17, 15) is 14.4 Å². The maximum atomic E-state index is 13.6. The minimum Gasteiger partial charge on any atom is -0.351 e. The molecule has 1 saturated heterocycles. The van der Waals surface area contributed by atoms with Crippen LogP contribution in [0.1, 0.15) is 59.6 Å². The van der Waals surface area contributed by atoms with Gasteiger partial charge in [0.2, 0.25) is 11.8 Å². The number of fused-ring (bicyclic) bond motifs is 3. The zero-order valence-electron chi connectivity index (χ0n) is 17.5. The second-order valence-corrected chi connectivity index (χ2v) is 10.6. The Hall–Kier alpha value is -2.80. The number of hydrogen-bond donors (Lipinski definition) is 2. The molecule has 0 bridgehead atoms. The van der Waals surface area contributed by atoms with Crippen LogP contribution in [0.5, 0.6) is 0 Å². The Kier molecular flexibility index (Phi) is 4.81. The number of amides is 3. The molecule has 2 N–H and O–H groups in total. The van der Waals surface area contributed by atoms with Gasteiger partial charge in [-0.1, -0.05) is 48.5 Å². The molecule has 0 aromatic heterocycles. The van der Waals surface area contributed by atoms with Crippen molar-refractivity contribution < 1.29 is 14.4 Å². The van der Waals surface area contributed by atoms with Crippen molar-refractivity contribution >= 4 is 29.5 Å². The SMILES string of the molecule is CC1(C)SC2c3ccccc3C(=O)N2[C@@H]1C(=O)N[C@H](C(=O)NC1CC1)c1ccccc1. The number of carbonyl (C=O) groups excluding carboxylic acids is 3. The van der Waals surface area contributed by atoms with Crippen LogP contribution in [0.2, 0.25) is 0 Å². The predicted molar refractivity (Wildman–Crippen MR) is 119 cm³/mol. The Morgan fingerprint density at radius 1 is 1.06 bits per heavy atom. The summed E-state index contributed by atoms with van der Waals surface area (Å²) in [5, 5.41) is 5.77. The van der Waals surface area contributed by atoms with E-state index in [0.29, 0.717) is 5.56 Å². The third-order valence-electron chi connectivity index (χ3n) is 6.15. The van der Waals surface area contributed by atoms with Crippen molar-refractivity contribution in [2.45, 2.75) is 54.9 Å². The van der Waals surface area contributed by atoms with Gasteiger partial charge in [-0.25, -0.2) is 0 Å². The van der Waals surface area contributed by atoms with E-state index >= 15 is 0 Å². The first-order chi connectivity index (χ1) is 14.9. The summed E-state index contributed by atoms with van der Waals surface area (Å²) in [6, 6.07) is 15.5. The average Bonchev–Trinajstić information content (AvgIpc) is 3.47. The van der Waals surface area contributed by atoms with Gasteiger partial charge in [-0.15, -0.1) is 11.8 Å². The smallest absolute Gasteiger partial charge is 0.256 e. The number of nitrogens with one attached hydrogen (secondary N) is 2. The normalized spacial score (nSPS) is 24.3. The minimum absolute atomic E-state index is 0.127. The fourth-order valence-electron chi connectivity index (χ4n) is 4.48. The molecule has 1 aliphatic carbocycles.